The van der Waals surface area contributed by atoms with E-state index >= 15 is 0 Å². The third-order valence-electron chi connectivity index (χ3n) is 7.01. The molecule has 0 aliphatic carbocycles. The van der Waals surface area contributed by atoms with Gasteiger partial charge in [-0.15, -0.1) is 0 Å². The number of hydrogen-bond donors (Lipinski definition) is 0. The average molecular weight is 547 g/mol. The van der Waals surface area contributed by atoms with Crippen molar-refractivity contribution >= 4 is 17.9 Å². The third-order valence-corrected chi connectivity index (χ3v) is 7.01. The number of esters is 3. The molecule has 0 saturated carbocycles. The lowest BCUT2D eigenvalue weighted by atomic mass is 10.0. The van der Waals surface area contributed by atoms with Gasteiger partial charge in [-0.25, -0.2) is 14.4 Å². The molecule has 1 rings (SSSR count). The summed E-state index contributed by atoms with van der Waals surface area (Å²) in [6.45, 7) is 12.1. The highest BCUT2D eigenvalue weighted by molar-refractivity contribution is 6.05. The van der Waals surface area contributed by atoms with Crippen LogP contribution in [-0.4, -0.2) is 36.2 Å². The maximum absolute atomic E-state index is 13.2. The Morgan fingerprint density at radius 2 is 0.923 bits per heavy atom. The molecule has 6 nitrogen and oxygen atoms in total. The summed E-state index contributed by atoms with van der Waals surface area (Å²) in [6, 6.07) is 4.43. The molecule has 0 aromatic heterocycles. The van der Waals surface area contributed by atoms with Gasteiger partial charge in [0.1, 0.15) is 0 Å². The van der Waals surface area contributed by atoms with Gasteiger partial charge in [0.05, 0.1) is 35.0 Å². The largest absolute Gasteiger partial charge is 0.459 e. The number of carbonyl (C=O) groups excluding carboxylic acids is 3. The summed E-state index contributed by atoms with van der Waals surface area (Å²) in [4.78, 5) is 39.2. The van der Waals surface area contributed by atoms with Crippen LogP contribution in [0.2, 0.25) is 0 Å². The fraction of sp³-hybridized carbons (Fsp3) is 0.727. The second-order valence-electron chi connectivity index (χ2n) is 11.0. The number of ether oxygens (including phenoxy) is 3. The minimum atomic E-state index is -0.622. The topological polar surface area (TPSA) is 78.9 Å². The normalized spacial score (nSPS) is 13.4. The van der Waals surface area contributed by atoms with E-state index in [1.165, 1.54) is 18.2 Å². The molecule has 3 atom stereocenters. The smallest absolute Gasteiger partial charge is 0.339 e. The van der Waals surface area contributed by atoms with E-state index in [0.29, 0.717) is 0 Å². The summed E-state index contributed by atoms with van der Waals surface area (Å²) in [5.74, 6) is -1.71. The van der Waals surface area contributed by atoms with E-state index in [-0.39, 0.29) is 35.0 Å². The second-order valence-corrected chi connectivity index (χ2v) is 11.0. The molecular weight excluding hydrogens is 492 g/mol. The predicted octanol–water partition coefficient (Wildman–Crippen LogP) is 9.23. The number of unbranched alkanes of at least 4 members (excludes halogenated alkanes) is 9. The Kier molecular flexibility index (Phi) is 18.2. The number of carbonyl (C=O) groups is 3. The van der Waals surface area contributed by atoms with Crippen LogP contribution in [0.5, 0.6) is 0 Å². The molecule has 0 spiro atoms. The zero-order chi connectivity index (χ0) is 29.0. The van der Waals surface area contributed by atoms with Crippen LogP contribution >= 0.6 is 0 Å². The lowest BCUT2D eigenvalue weighted by Crippen LogP contribution is -2.22. The Morgan fingerprint density at radius 3 is 1.33 bits per heavy atom. The van der Waals surface area contributed by atoms with Crippen molar-refractivity contribution in [2.45, 2.75) is 156 Å². The number of hydrogen-bond acceptors (Lipinski definition) is 6. The maximum atomic E-state index is 13.2. The molecular formula is C33H54O6. The number of rotatable bonds is 21. The molecule has 6 heteroatoms. The first-order valence-corrected chi connectivity index (χ1v) is 15.5. The lowest BCUT2D eigenvalue weighted by molar-refractivity contribution is 0.0267. The predicted molar refractivity (Wildman–Crippen MR) is 157 cm³/mol. The van der Waals surface area contributed by atoms with Crippen molar-refractivity contribution in [3.8, 4) is 0 Å². The van der Waals surface area contributed by atoms with Crippen molar-refractivity contribution in [3.05, 3.63) is 34.9 Å². The van der Waals surface area contributed by atoms with Gasteiger partial charge in [-0.05, 0) is 77.5 Å². The van der Waals surface area contributed by atoms with Crippen LogP contribution in [0.3, 0.4) is 0 Å². The highest BCUT2D eigenvalue weighted by Crippen LogP contribution is 2.20. The molecule has 39 heavy (non-hydrogen) atoms. The van der Waals surface area contributed by atoms with Crippen molar-refractivity contribution in [1.29, 1.82) is 0 Å². The lowest BCUT2D eigenvalue weighted by Gasteiger charge is -2.18. The Bertz CT molecular complexity index is 849. The molecule has 0 aliphatic rings. The van der Waals surface area contributed by atoms with Gasteiger partial charge in [0, 0.05) is 0 Å². The fourth-order valence-corrected chi connectivity index (χ4v) is 4.51. The van der Waals surface area contributed by atoms with Gasteiger partial charge >= 0.3 is 17.9 Å². The van der Waals surface area contributed by atoms with Gasteiger partial charge in [-0.3, -0.25) is 0 Å². The van der Waals surface area contributed by atoms with Crippen molar-refractivity contribution < 1.29 is 28.6 Å². The van der Waals surface area contributed by atoms with Gasteiger partial charge in [0.25, 0.3) is 0 Å². The molecule has 222 valence electrons. The van der Waals surface area contributed by atoms with Crippen molar-refractivity contribution in [2.24, 2.45) is 0 Å². The van der Waals surface area contributed by atoms with Crippen molar-refractivity contribution in [2.75, 3.05) is 0 Å². The monoisotopic (exact) mass is 546 g/mol. The minimum absolute atomic E-state index is 0.0450. The molecule has 0 heterocycles. The van der Waals surface area contributed by atoms with Gasteiger partial charge in [0.15, 0.2) is 0 Å². The molecule has 1 aromatic carbocycles. The van der Waals surface area contributed by atoms with Crippen LogP contribution in [0.1, 0.15) is 169 Å². The van der Waals surface area contributed by atoms with Crippen molar-refractivity contribution in [1.82, 2.24) is 0 Å². The molecule has 0 radical (unpaired) electrons. The summed E-state index contributed by atoms with van der Waals surface area (Å²) in [5.41, 5.74) is 0.383. The van der Waals surface area contributed by atoms with E-state index in [4.69, 9.17) is 14.2 Å². The van der Waals surface area contributed by atoms with E-state index in [1.54, 1.807) is 0 Å². The zero-order valence-electron chi connectivity index (χ0n) is 25.5. The van der Waals surface area contributed by atoms with E-state index in [0.717, 1.165) is 96.3 Å². The van der Waals surface area contributed by atoms with Gasteiger partial charge in [-0.2, -0.15) is 0 Å². The minimum Gasteiger partial charge on any atom is -0.459 e. The third kappa shape index (κ3) is 14.5. The molecule has 0 aliphatic heterocycles. The summed E-state index contributed by atoms with van der Waals surface area (Å²) in [5, 5.41) is 0. The van der Waals surface area contributed by atoms with Gasteiger partial charge in [-0.1, -0.05) is 78.6 Å². The zero-order valence-corrected chi connectivity index (χ0v) is 25.5. The highest BCUT2D eigenvalue weighted by atomic mass is 16.6. The summed E-state index contributed by atoms with van der Waals surface area (Å²) in [7, 11) is 0. The van der Waals surface area contributed by atoms with E-state index in [1.807, 2.05) is 20.8 Å². The average Bonchev–Trinajstić information content (AvgIpc) is 2.91. The molecule has 0 N–H and O–H groups in total. The van der Waals surface area contributed by atoms with Gasteiger partial charge in [0.2, 0.25) is 0 Å². The Balaban J connectivity index is 3.00. The van der Waals surface area contributed by atoms with Crippen LogP contribution in [0, 0.1) is 0 Å². The molecule has 0 unspecified atom stereocenters. The first-order chi connectivity index (χ1) is 18.7. The second kappa shape index (κ2) is 20.5. The quantitative estimate of drug-likeness (QED) is 0.0868. The molecule has 0 saturated heterocycles. The molecule has 0 fully saturated rings. The van der Waals surface area contributed by atoms with Crippen LogP contribution in [-0.2, 0) is 14.2 Å². The summed E-state index contributed by atoms with van der Waals surface area (Å²) >= 11 is 0. The first-order valence-electron chi connectivity index (χ1n) is 15.5. The fourth-order valence-electron chi connectivity index (χ4n) is 4.51. The Morgan fingerprint density at radius 1 is 0.538 bits per heavy atom. The molecule has 0 bridgehead atoms. The van der Waals surface area contributed by atoms with Crippen LogP contribution in [0.4, 0.5) is 0 Å². The highest BCUT2D eigenvalue weighted by Gasteiger charge is 2.25. The SMILES string of the molecule is CCCCCC[C@H](C)OC(=O)c1ccc(C(=O)O[C@@H](C)CCCCCC)c(C(=O)O[C@@H](C)CCCCCC)c1. The molecule has 0 amide bonds. The van der Waals surface area contributed by atoms with Crippen LogP contribution in [0.15, 0.2) is 18.2 Å². The molecule has 1 aromatic rings. The van der Waals surface area contributed by atoms with E-state index in [9.17, 15) is 14.4 Å². The van der Waals surface area contributed by atoms with Crippen molar-refractivity contribution in [3.63, 3.8) is 0 Å². The Hall–Kier alpha value is -2.37. The Labute approximate surface area is 237 Å². The summed E-state index contributed by atoms with van der Waals surface area (Å²) in [6.07, 6.45) is 14.6. The maximum Gasteiger partial charge on any atom is 0.339 e. The van der Waals surface area contributed by atoms with Crippen LogP contribution in [0.25, 0.3) is 0 Å². The standard InChI is InChI=1S/C33H54O6/c1-7-10-13-16-19-25(4)37-31(34)28-22-23-29(32(35)38-26(5)20-17-14-11-8-2)30(24-28)33(36)39-27(6)21-18-15-12-9-3/h22-27H,7-21H2,1-6H3/t25-,26-,27-/m0/s1. The van der Waals surface area contributed by atoms with E-state index in [2.05, 4.69) is 20.8 Å². The van der Waals surface area contributed by atoms with Gasteiger partial charge < -0.3 is 14.2 Å². The van der Waals surface area contributed by atoms with E-state index < -0.39 is 17.9 Å². The first kappa shape index (κ1) is 34.7. The number of benzene rings is 1. The summed E-state index contributed by atoms with van der Waals surface area (Å²) < 4.78 is 17.0. The van der Waals surface area contributed by atoms with Crippen LogP contribution < -0.4 is 0 Å².